The molecule has 0 heterocycles. The molecule has 0 fully saturated rings. The highest BCUT2D eigenvalue weighted by atomic mass is 35.5. The van der Waals surface area contributed by atoms with Gasteiger partial charge in [0.15, 0.2) is 0 Å². The maximum atomic E-state index is 5.59. The molecular weight excluding hydrogens is 132 g/mol. The molecule has 0 nitrogen and oxygen atoms in total. The highest BCUT2D eigenvalue weighted by Gasteiger charge is 1.74. The number of hydrogen-bond donors (Lipinski definition) is 0. The van der Waals surface area contributed by atoms with Gasteiger partial charge in [-0.15, -0.1) is 0 Å². The lowest BCUT2D eigenvalue weighted by molar-refractivity contribution is 1.22. The van der Waals surface area contributed by atoms with E-state index in [4.69, 9.17) is 11.6 Å². The van der Waals surface area contributed by atoms with Crippen molar-refractivity contribution in [3.05, 3.63) is 35.9 Å². The Bertz CT molecular complexity index is 132. The molecule has 0 atom stereocenters. The maximum Gasteiger partial charge on any atom is 0.0399 e. The fourth-order valence-electron chi connectivity index (χ4n) is 0.364. The van der Waals surface area contributed by atoms with E-state index in [1.54, 1.807) is 6.08 Å². The van der Waals surface area contributed by atoms with Crippen LogP contribution in [0.4, 0.5) is 0 Å². The summed E-state index contributed by atoms with van der Waals surface area (Å²) in [5, 5.41) is 0.680. The third kappa shape index (κ3) is 5.38. The lowest BCUT2D eigenvalue weighted by Gasteiger charge is -1.80. The minimum atomic E-state index is 0.680. The van der Waals surface area contributed by atoms with Crippen LogP contribution in [0.5, 0.6) is 0 Å². The second-order valence-corrected chi connectivity index (χ2v) is 2.03. The molecule has 0 saturated carbocycles. The molecule has 0 rings (SSSR count). The van der Waals surface area contributed by atoms with Gasteiger partial charge < -0.3 is 0 Å². The first-order chi connectivity index (χ1) is 4.31. The summed E-state index contributed by atoms with van der Waals surface area (Å²) < 4.78 is 0. The van der Waals surface area contributed by atoms with Crippen molar-refractivity contribution in [2.24, 2.45) is 0 Å². The first-order valence-corrected chi connectivity index (χ1v) is 3.33. The smallest absolute Gasteiger partial charge is 0.0399 e. The Morgan fingerprint density at radius 1 is 1.67 bits per heavy atom. The molecule has 0 aromatic rings. The quantitative estimate of drug-likeness (QED) is 0.531. The van der Waals surface area contributed by atoms with Crippen molar-refractivity contribution < 1.29 is 0 Å². The molecule has 50 valence electrons. The highest BCUT2D eigenvalue weighted by Crippen LogP contribution is 2.00. The molecule has 0 bridgehead atoms. The second kappa shape index (κ2) is 5.64. The van der Waals surface area contributed by atoms with Crippen LogP contribution < -0.4 is 0 Å². The minimum absolute atomic E-state index is 0.680. The van der Waals surface area contributed by atoms with Crippen molar-refractivity contribution in [3.8, 4) is 0 Å². The predicted molar refractivity (Wildman–Crippen MR) is 43.6 cm³/mol. The molecule has 0 unspecified atom stereocenters. The summed E-state index contributed by atoms with van der Waals surface area (Å²) in [5.41, 5.74) is 0. The van der Waals surface area contributed by atoms with Crippen LogP contribution >= 0.6 is 11.6 Å². The molecule has 0 aliphatic carbocycles. The van der Waals surface area contributed by atoms with E-state index >= 15 is 0 Å². The summed E-state index contributed by atoms with van der Waals surface area (Å²) in [6, 6.07) is 0. The number of hydrogen-bond acceptors (Lipinski definition) is 0. The maximum absolute atomic E-state index is 5.59. The molecule has 0 saturated heterocycles. The van der Waals surface area contributed by atoms with Gasteiger partial charge in [-0.25, -0.2) is 0 Å². The Morgan fingerprint density at radius 3 is 2.78 bits per heavy atom. The van der Waals surface area contributed by atoms with Gasteiger partial charge in [-0.3, -0.25) is 0 Å². The molecular formula is C8H11Cl. The molecule has 0 aliphatic rings. The van der Waals surface area contributed by atoms with Crippen LogP contribution in [0.3, 0.4) is 0 Å². The van der Waals surface area contributed by atoms with Gasteiger partial charge in [0.05, 0.1) is 0 Å². The van der Waals surface area contributed by atoms with E-state index in [2.05, 4.69) is 13.5 Å². The Balaban J connectivity index is 3.68. The van der Waals surface area contributed by atoms with E-state index in [0.717, 1.165) is 6.42 Å². The lowest BCUT2D eigenvalue weighted by atomic mass is 10.4. The van der Waals surface area contributed by atoms with Crippen LogP contribution in [-0.4, -0.2) is 0 Å². The van der Waals surface area contributed by atoms with Crippen molar-refractivity contribution in [2.45, 2.75) is 13.3 Å². The average Bonchev–Trinajstić information content (AvgIpc) is 1.89. The molecule has 0 N–H and O–H groups in total. The van der Waals surface area contributed by atoms with Gasteiger partial charge in [-0.05, 0) is 12.5 Å². The van der Waals surface area contributed by atoms with Crippen molar-refractivity contribution in [1.29, 1.82) is 0 Å². The van der Waals surface area contributed by atoms with Gasteiger partial charge in [0.25, 0.3) is 0 Å². The molecule has 0 aliphatic heterocycles. The summed E-state index contributed by atoms with van der Waals surface area (Å²) >= 11 is 5.59. The zero-order chi connectivity index (χ0) is 7.11. The minimum Gasteiger partial charge on any atom is -0.0976 e. The SMILES string of the molecule is C=C/C(Cl)=C\C=C\CC. The summed E-state index contributed by atoms with van der Waals surface area (Å²) in [6.07, 6.45) is 8.42. The van der Waals surface area contributed by atoms with Crippen LogP contribution in [0.2, 0.25) is 0 Å². The molecule has 0 spiro atoms. The lowest BCUT2D eigenvalue weighted by Crippen LogP contribution is -1.57. The van der Waals surface area contributed by atoms with Crippen LogP contribution in [0.25, 0.3) is 0 Å². The topological polar surface area (TPSA) is 0 Å². The third-order valence-electron chi connectivity index (χ3n) is 0.822. The monoisotopic (exact) mass is 142 g/mol. The van der Waals surface area contributed by atoms with E-state index in [9.17, 15) is 0 Å². The average molecular weight is 143 g/mol. The summed E-state index contributed by atoms with van der Waals surface area (Å²) in [5.74, 6) is 0. The Hall–Kier alpha value is -0.490. The van der Waals surface area contributed by atoms with Crippen LogP contribution in [0.15, 0.2) is 35.9 Å². The van der Waals surface area contributed by atoms with E-state index in [-0.39, 0.29) is 0 Å². The molecule has 9 heavy (non-hydrogen) atoms. The van der Waals surface area contributed by atoms with E-state index < -0.39 is 0 Å². The molecule has 1 heteroatoms. The van der Waals surface area contributed by atoms with Crippen LogP contribution in [0, 0.1) is 0 Å². The Kier molecular flexibility index (Phi) is 5.34. The predicted octanol–water partition coefficient (Wildman–Crippen LogP) is 3.26. The number of rotatable bonds is 3. The first kappa shape index (κ1) is 8.51. The van der Waals surface area contributed by atoms with E-state index in [1.165, 1.54) is 0 Å². The third-order valence-corrected chi connectivity index (χ3v) is 1.10. The largest absolute Gasteiger partial charge is 0.0976 e. The van der Waals surface area contributed by atoms with Gasteiger partial charge in [0, 0.05) is 5.03 Å². The standard InChI is InChI=1S/C8H11Cl/c1-3-5-6-7-8(9)4-2/h4-7H,2-3H2,1H3/b6-5+,8-7+. The van der Waals surface area contributed by atoms with Gasteiger partial charge >= 0.3 is 0 Å². The van der Waals surface area contributed by atoms with Crippen molar-refractivity contribution in [2.75, 3.05) is 0 Å². The van der Waals surface area contributed by atoms with Gasteiger partial charge in [0.1, 0.15) is 0 Å². The zero-order valence-electron chi connectivity index (χ0n) is 5.60. The van der Waals surface area contributed by atoms with Crippen molar-refractivity contribution in [3.63, 3.8) is 0 Å². The van der Waals surface area contributed by atoms with Crippen LogP contribution in [0.1, 0.15) is 13.3 Å². The summed E-state index contributed by atoms with van der Waals surface area (Å²) in [4.78, 5) is 0. The first-order valence-electron chi connectivity index (χ1n) is 2.96. The zero-order valence-corrected chi connectivity index (χ0v) is 6.36. The van der Waals surface area contributed by atoms with Gasteiger partial charge in [0.2, 0.25) is 0 Å². The molecule has 0 radical (unpaired) electrons. The number of allylic oxidation sites excluding steroid dienone is 5. The van der Waals surface area contributed by atoms with E-state index in [0.29, 0.717) is 5.03 Å². The van der Waals surface area contributed by atoms with Gasteiger partial charge in [-0.1, -0.05) is 43.3 Å². The molecule has 0 amide bonds. The number of halogens is 1. The van der Waals surface area contributed by atoms with Crippen molar-refractivity contribution in [1.82, 2.24) is 0 Å². The van der Waals surface area contributed by atoms with Gasteiger partial charge in [-0.2, -0.15) is 0 Å². The summed E-state index contributed by atoms with van der Waals surface area (Å²) in [6.45, 7) is 5.58. The Morgan fingerprint density at radius 2 is 2.33 bits per heavy atom. The Labute approximate surface area is 61.5 Å². The van der Waals surface area contributed by atoms with Crippen LogP contribution in [-0.2, 0) is 0 Å². The molecule has 0 aromatic carbocycles. The van der Waals surface area contributed by atoms with E-state index in [1.807, 2.05) is 18.2 Å². The van der Waals surface area contributed by atoms with Crippen molar-refractivity contribution >= 4 is 11.6 Å². The summed E-state index contributed by atoms with van der Waals surface area (Å²) in [7, 11) is 0. The fraction of sp³-hybridized carbons (Fsp3) is 0.250. The second-order valence-electron chi connectivity index (χ2n) is 1.59. The highest BCUT2D eigenvalue weighted by molar-refractivity contribution is 6.31. The molecule has 0 aromatic heterocycles. The normalized spacial score (nSPS) is 12.4. The fourth-order valence-corrected chi connectivity index (χ4v) is 0.437.